The fourth-order valence-electron chi connectivity index (χ4n) is 8.16. The van der Waals surface area contributed by atoms with Gasteiger partial charge in [0.25, 0.3) is 0 Å². The molecule has 0 radical (unpaired) electrons. The van der Waals surface area contributed by atoms with E-state index in [1.165, 1.54) is 141 Å². The van der Waals surface area contributed by atoms with E-state index in [0.29, 0.717) is 13.0 Å². The summed E-state index contributed by atoms with van der Waals surface area (Å²) in [5, 5.41) is 9.66. The van der Waals surface area contributed by atoms with Crippen LogP contribution in [0.25, 0.3) is 0 Å². The van der Waals surface area contributed by atoms with Crippen molar-refractivity contribution in [3.8, 4) is 0 Å². The summed E-state index contributed by atoms with van der Waals surface area (Å²) in [4.78, 5) is 27.6. The maximum Gasteiger partial charge on any atom is 0.315 e. The summed E-state index contributed by atoms with van der Waals surface area (Å²) >= 11 is 0. The van der Waals surface area contributed by atoms with Gasteiger partial charge in [-0.05, 0) is 70.9 Å². The first-order valence-electron chi connectivity index (χ1n) is 23.7. The van der Waals surface area contributed by atoms with Crippen LogP contribution in [-0.2, 0) is 19.1 Å². The quantitative estimate of drug-likeness (QED) is 0.0495. The molecule has 1 unspecified atom stereocenters. The number of hydrogen-bond acceptors (Lipinski definition) is 6. The fourth-order valence-corrected chi connectivity index (χ4v) is 8.16. The fraction of sp³-hybridized carbons (Fsp3) is 0.957. The number of aliphatic hydroxyl groups excluding tert-OH is 1. The standard InChI is InChI=1S/C47H91NO5/c1-4-7-10-13-16-17-18-19-20-25-30-37-47(43-52-46(47)51)38-31-33-40-48(41-42-49)39-32-26-21-24-29-36-45(50)53-44(34-27-22-14-11-8-5-2)35-28-23-15-12-9-6-3/h44,49H,4-43H2,1-3H3. The van der Waals surface area contributed by atoms with E-state index in [1.54, 1.807) is 0 Å². The molecule has 314 valence electrons. The van der Waals surface area contributed by atoms with Crippen LogP contribution in [0.1, 0.15) is 245 Å². The predicted molar refractivity (Wildman–Crippen MR) is 225 cm³/mol. The van der Waals surface area contributed by atoms with Gasteiger partial charge in [0.15, 0.2) is 0 Å². The van der Waals surface area contributed by atoms with E-state index >= 15 is 0 Å². The molecule has 6 heteroatoms. The van der Waals surface area contributed by atoms with E-state index in [4.69, 9.17) is 9.47 Å². The van der Waals surface area contributed by atoms with Crippen molar-refractivity contribution in [3.05, 3.63) is 0 Å². The minimum absolute atomic E-state index is 0.0110. The third-order valence-corrected chi connectivity index (χ3v) is 11.9. The molecule has 53 heavy (non-hydrogen) atoms. The van der Waals surface area contributed by atoms with Gasteiger partial charge in [0.2, 0.25) is 0 Å². The number of hydrogen-bond donors (Lipinski definition) is 1. The second-order valence-electron chi connectivity index (χ2n) is 16.9. The van der Waals surface area contributed by atoms with Crippen molar-refractivity contribution < 1.29 is 24.2 Å². The van der Waals surface area contributed by atoms with Crippen molar-refractivity contribution in [2.45, 2.75) is 252 Å². The molecular formula is C47H91NO5. The van der Waals surface area contributed by atoms with Gasteiger partial charge in [-0.15, -0.1) is 0 Å². The Labute approximate surface area is 330 Å². The molecule has 1 aliphatic rings. The van der Waals surface area contributed by atoms with E-state index in [0.717, 1.165) is 96.7 Å². The van der Waals surface area contributed by atoms with Crippen molar-refractivity contribution in [1.82, 2.24) is 4.90 Å². The van der Waals surface area contributed by atoms with Gasteiger partial charge in [0, 0.05) is 13.0 Å². The largest absolute Gasteiger partial charge is 0.464 e. The Bertz CT molecular complexity index is 805. The Morgan fingerprint density at radius 2 is 0.981 bits per heavy atom. The lowest BCUT2D eigenvalue weighted by atomic mass is 9.75. The topological polar surface area (TPSA) is 76.1 Å². The molecule has 0 aromatic carbocycles. The van der Waals surface area contributed by atoms with E-state index in [1.807, 2.05) is 0 Å². The number of cyclic esters (lactones) is 1. The van der Waals surface area contributed by atoms with Gasteiger partial charge in [-0.2, -0.15) is 0 Å². The molecule has 0 bridgehead atoms. The summed E-state index contributed by atoms with van der Waals surface area (Å²) in [6, 6.07) is 0. The molecule has 0 aliphatic carbocycles. The SMILES string of the molecule is CCCCCCCCCCCCCC1(CCCCN(CCO)CCCCCCCC(=O)OC(CCCCCCCC)CCCCCCCC)COC1=O. The van der Waals surface area contributed by atoms with Crippen LogP contribution >= 0.6 is 0 Å². The monoisotopic (exact) mass is 750 g/mol. The van der Waals surface area contributed by atoms with Gasteiger partial charge in [-0.25, -0.2) is 0 Å². The molecule has 1 N–H and O–H groups in total. The summed E-state index contributed by atoms with van der Waals surface area (Å²) in [6.07, 6.45) is 42.2. The second kappa shape index (κ2) is 36.5. The predicted octanol–water partition coefficient (Wildman–Crippen LogP) is 13.4. The van der Waals surface area contributed by atoms with Crippen molar-refractivity contribution in [1.29, 1.82) is 0 Å². The average Bonchev–Trinajstić information content (AvgIpc) is 3.16. The summed E-state index contributed by atoms with van der Waals surface area (Å²) in [5.41, 5.74) is -0.226. The van der Waals surface area contributed by atoms with Crippen molar-refractivity contribution in [2.75, 3.05) is 32.8 Å². The normalized spacial score (nSPS) is 15.7. The van der Waals surface area contributed by atoms with E-state index in [-0.39, 0.29) is 30.1 Å². The van der Waals surface area contributed by atoms with Crippen LogP contribution in [0.4, 0.5) is 0 Å². The van der Waals surface area contributed by atoms with Crippen LogP contribution < -0.4 is 0 Å². The highest BCUT2D eigenvalue weighted by Crippen LogP contribution is 2.40. The Morgan fingerprint density at radius 1 is 0.585 bits per heavy atom. The number of unbranched alkanes of at least 4 members (excludes halogenated alkanes) is 25. The number of ether oxygens (including phenoxy) is 2. The van der Waals surface area contributed by atoms with Gasteiger partial charge >= 0.3 is 11.9 Å². The van der Waals surface area contributed by atoms with Gasteiger partial charge in [0.05, 0.1) is 6.61 Å². The van der Waals surface area contributed by atoms with Crippen molar-refractivity contribution in [3.63, 3.8) is 0 Å². The third kappa shape index (κ3) is 28.0. The van der Waals surface area contributed by atoms with E-state index < -0.39 is 0 Å². The van der Waals surface area contributed by atoms with Crippen LogP contribution in [0.3, 0.4) is 0 Å². The zero-order chi connectivity index (χ0) is 38.5. The summed E-state index contributed by atoms with van der Waals surface area (Å²) < 4.78 is 11.3. The lowest BCUT2D eigenvalue weighted by molar-refractivity contribution is -0.188. The van der Waals surface area contributed by atoms with Crippen LogP contribution in [0, 0.1) is 5.41 Å². The van der Waals surface area contributed by atoms with E-state index in [2.05, 4.69) is 25.7 Å². The Kier molecular flexibility index (Phi) is 34.3. The number of aliphatic hydroxyl groups is 1. The molecule has 0 spiro atoms. The maximum atomic E-state index is 12.7. The van der Waals surface area contributed by atoms with Crippen LogP contribution in [0.2, 0.25) is 0 Å². The molecular weight excluding hydrogens is 659 g/mol. The molecule has 0 saturated carbocycles. The lowest BCUT2D eigenvalue weighted by Crippen LogP contribution is -2.48. The lowest BCUT2D eigenvalue weighted by Gasteiger charge is -2.39. The highest BCUT2D eigenvalue weighted by atomic mass is 16.6. The van der Waals surface area contributed by atoms with Crippen molar-refractivity contribution in [2.24, 2.45) is 5.41 Å². The molecule has 1 heterocycles. The Morgan fingerprint density at radius 3 is 1.42 bits per heavy atom. The first-order valence-corrected chi connectivity index (χ1v) is 23.7. The van der Waals surface area contributed by atoms with Gasteiger partial charge in [-0.1, -0.05) is 181 Å². The molecule has 1 atom stereocenters. The van der Waals surface area contributed by atoms with Gasteiger partial charge in [0.1, 0.15) is 18.1 Å². The number of carbonyl (C=O) groups excluding carboxylic acids is 2. The molecule has 1 fully saturated rings. The smallest absolute Gasteiger partial charge is 0.315 e. The van der Waals surface area contributed by atoms with Crippen LogP contribution in [-0.4, -0.2) is 60.9 Å². The molecule has 1 aliphatic heterocycles. The highest BCUT2D eigenvalue weighted by Gasteiger charge is 2.47. The van der Waals surface area contributed by atoms with Crippen LogP contribution in [0.15, 0.2) is 0 Å². The zero-order valence-corrected chi connectivity index (χ0v) is 35.9. The van der Waals surface area contributed by atoms with Crippen LogP contribution in [0.5, 0.6) is 0 Å². The average molecular weight is 750 g/mol. The number of nitrogens with zero attached hydrogens (tertiary/aromatic N) is 1. The summed E-state index contributed by atoms with van der Waals surface area (Å²) in [7, 11) is 0. The number of rotatable bonds is 42. The second-order valence-corrected chi connectivity index (χ2v) is 16.9. The third-order valence-electron chi connectivity index (χ3n) is 11.9. The number of carbonyl (C=O) groups is 2. The Hall–Kier alpha value is -1.14. The first-order chi connectivity index (χ1) is 26.0. The minimum Gasteiger partial charge on any atom is -0.464 e. The maximum absolute atomic E-state index is 12.7. The summed E-state index contributed by atoms with van der Waals surface area (Å²) in [6.45, 7) is 10.3. The molecule has 6 nitrogen and oxygen atoms in total. The molecule has 1 rings (SSSR count). The summed E-state index contributed by atoms with van der Waals surface area (Å²) in [5.74, 6) is 0.0445. The van der Waals surface area contributed by atoms with Gasteiger partial charge < -0.3 is 19.5 Å². The first kappa shape index (κ1) is 49.9. The van der Waals surface area contributed by atoms with E-state index in [9.17, 15) is 14.7 Å². The zero-order valence-electron chi connectivity index (χ0n) is 35.9. The molecule has 0 aromatic heterocycles. The van der Waals surface area contributed by atoms with Gasteiger partial charge in [-0.3, -0.25) is 9.59 Å². The molecule has 0 aromatic rings. The molecule has 0 amide bonds. The highest BCUT2D eigenvalue weighted by molar-refractivity contribution is 5.81. The minimum atomic E-state index is -0.226. The van der Waals surface area contributed by atoms with Crippen molar-refractivity contribution >= 4 is 11.9 Å². The molecule has 1 saturated heterocycles. The number of esters is 2. The Balaban J connectivity index is 2.20.